The van der Waals surface area contributed by atoms with Gasteiger partial charge in [-0.1, -0.05) is 17.7 Å². The average molecular weight is 201 g/mol. The molecule has 76 valence electrons. The summed E-state index contributed by atoms with van der Waals surface area (Å²) in [7, 11) is 0. The number of carboxylic acids is 1. The second-order valence-corrected chi connectivity index (χ2v) is 3.56. The van der Waals surface area contributed by atoms with Gasteiger partial charge in [-0.15, -0.1) is 0 Å². The summed E-state index contributed by atoms with van der Waals surface area (Å²) in [6.45, 7) is 1.95. The van der Waals surface area contributed by atoms with Crippen molar-refractivity contribution in [3.05, 3.63) is 41.5 Å². The van der Waals surface area contributed by atoms with E-state index in [2.05, 4.69) is 0 Å². The van der Waals surface area contributed by atoms with Gasteiger partial charge in [0.05, 0.1) is 5.56 Å². The summed E-state index contributed by atoms with van der Waals surface area (Å²) in [5.74, 6) is -0.927. The molecule has 0 saturated heterocycles. The second-order valence-electron chi connectivity index (χ2n) is 3.56. The predicted octanol–water partition coefficient (Wildman–Crippen LogP) is 2.43. The SMILES string of the molecule is Cc1ccc2c(C(=O)O)ccc(N)c2c1. The first-order chi connectivity index (χ1) is 7.09. The van der Waals surface area contributed by atoms with E-state index in [1.165, 1.54) is 6.07 Å². The molecule has 2 rings (SSSR count). The molecule has 0 aliphatic carbocycles. The van der Waals surface area contributed by atoms with Gasteiger partial charge in [0.1, 0.15) is 0 Å². The van der Waals surface area contributed by atoms with E-state index < -0.39 is 5.97 Å². The van der Waals surface area contributed by atoms with Gasteiger partial charge in [-0.05, 0) is 30.5 Å². The minimum atomic E-state index is -0.927. The van der Waals surface area contributed by atoms with Crippen LogP contribution in [-0.4, -0.2) is 11.1 Å². The van der Waals surface area contributed by atoms with E-state index in [4.69, 9.17) is 10.8 Å². The molecule has 3 heteroatoms. The lowest BCUT2D eigenvalue weighted by atomic mass is 10.0. The first-order valence-corrected chi connectivity index (χ1v) is 4.62. The van der Waals surface area contributed by atoms with Crippen LogP contribution < -0.4 is 5.73 Å². The summed E-state index contributed by atoms with van der Waals surface area (Å²) in [5, 5.41) is 10.5. The summed E-state index contributed by atoms with van der Waals surface area (Å²) >= 11 is 0. The Morgan fingerprint density at radius 3 is 2.60 bits per heavy atom. The normalized spacial score (nSPS) is 10.5. The van der Waals surface area contributed by atoms with Crippen LogP contribution in [0.15, 0.2) is 30.3 Å². The molecule has 3 nitrogen and oxygen atoms in total. The van der Waals surface area contributed by atoms with Gasteiger partial charge in [-0.2, -0.15) is 0 Å². The lowest BCUT2D eigenvalue weighted by Crippen LogP contribution is -1.99. The minimum absolute atomic E-state index is 0.291. The molecule has 2 aromatic carbocycles. The number of aromatic carboxylic acids is 1. The molecule has 0 aliphatic rings. The topological polar surface area (TPSA) is 63.3 Å². The zero-order valence-corrected chi connectivity index (χ0v) is 8.32. The van der Waals surface area contributed by atoms with Crippen LogP contribution in [0.1, 0.15) is 15.9 Å². The molecule has 3 N–H and O–H groups in total. The zero-order chi connectivity index (χ0) is 11.0. The molecule has 0 amide bonds. The fourth-order valence-electron chi connectivity index (χ4n) is 1.67. The Morgan fingerprint density at radius 2 is 1.93 bits per heavy atom. The molecule has 0 spiro atoms. The molecule has 15 heavy (non-hydrogen) atoms. The van der Waals surface area contributed by atoms with Gasteiger partial charge in [0.2, 0.25) is 0 Å². The molecule has 0 aromatic heterocycles. The van der Waals surface area contributed by atoms with Crippen LogP contribution in [0.4, 0.5) is 5.69 Å². The molecule has 0 saturated carbocycles. The molecular weight excluding hydrogens is 190 g/mol. The third-order valence-electron chi connectivity index (χ3n) is 2.44. The fraction of sp³-hybridized carbons (Fsp3) is 0.0833. The second kappa shape index (κ2) is 3.28. The van der Waals surface area contributed by atoms with Gasteiger partial charge in [0.15, 0.2) is 0 Å². The van der Waals surface area contributed by atoms with E-state index in [0.29, 0.717) is 16.6 Å². The Kier molecular flexibility index (Phi) is 2.08. The number of rotatable bonds is 1. The van der Waals surface area contributed by atoms with Crippen LogP contribution in [0.3, 0.4) is 0 Å². The minimum Gasteiger partial charge on any atom is -0.478 e. The molecule has 0 aliphatic heterocycles. The largest absolute Gasteiger partial charge is 0.478 e. The summed E-state index contributed by atoms with van der Waals surface area (Å²) < 4.78 is 0. The van der Waals surface area contributed by atoms with Crippen molar-refractivity contribution in [2.45, 2.75) is 6.92 Å². The maximum absolute atomic E-state index is 11.0. The van der Waals surface area contributed by atoms with Crippen molar-refractivity contribution < 1.29 is 9.90 Å². The van der Waals surface area contributed by atoms with Gasteiger partial charge in [-0.3, -0.25) is 0 Å². The third kappa shape index (κ3) is 1.52. The number of aryl methyl sites for hydroxylation is 1. The Morgan fingerprint density at radius 1 is 1.20 bits per heavy atom. The van der Waals surface area contributed by atoms with Crippen molar-refractivity contribution in [2.75, 3.05) is 5.73 Å². The molecular formula is C12H11NO2. The summed E-state index contributed by atoms with van der Waals surface area (Å²) in [4.78, 5) is 11.0. The zero-order valence-electron chi connectivity index (χ0n) is 8.32. The molecule has 0 bridgehead atoms. The number of fused-ring (bicyclic) bond motifs is 1. The van der Waals surface area contributed by atoms with Crippen molar-refractivity contribution in [2.24, 2.45) is 0 Å². The van der Waals surface area contributed by atoms with Crippen LogP contribution in [0, 0.1) is 6.92 Å². The van der Waals surface area contributed by atoms with Crippen molar-refractivity contribution >= 4 is 22.4 Å². The summed E-state index contributed by atoms with van der Waals surface area (Å²) in [6, 6.07) is 8.75. The smallest absolute Gasteiger partial charge is 0.336 e. The quantitative estimate of drug-likeness (QED) is 0.696. The predicted molar refractivity (Wildman–Crippen MR) is 60.1 cm³/mol. The van der Waals surface area contributed by atoms with Crippen LogP contribution in [0.2, 0.25) is 0 Å². The van der Waals surface area contributed by atoms with Gasteiger partial charge < -0.3 is 10.8 Å². The maximum Gasteiger partial charge on any atom is 0.336 e. The van der Waals surface area contributed by atoms with E-state index in [1.54, 1.807) is 12.1 Å². The monoisotopic (exact) mass is 201 g/mol. The van der Waals surface area contributed by atoms with E-state index >= 15 is 0 Å². The Labute approximate surface area is 87.1 Å². The molecule has 0 atom stereocenters. The fourth-order valence-corrected chi connectivity index (χ4v) is 1.67. The molecule has 0 fully saturated rings. The first kappa shape index (κ1) is 9.52. The highest BCUT2D eigenvalue weighted by molar-refractivity contribution is 6.07. The number of nitrogen functional groups attached to an aromatic ring is 1. The summed E-state index contributed by atoms with van der Waals surface area (Å²) in [6.07, 6.45) is 0. The first-order valence-electron chi connectivity index (χ1n) is 4.62. The van der Waals surface area contributed by atoms with E-state index in [-0.39, 0.29) is 0 Å². The molecule has 0 unspecified atom stereocenters. The highest BCUT2D eigenvalue weighted by Gasteiger charge is 2.09. The van der Waals surface area contributed by atoms with Crippen molar-refractivity contribution in [1.29, 1.82) is 0 Å². The third-order valence-corrected chi connectivity index (χ3v) is 2.44. The van der Waals surface area contributed by atoms with Crippen molar-refractivity contribution in [3.8, 4) is 0 Å². The highest BCUT2D eigenvalue weighted by Crippen LogP contribution is 2.25. The lowest BCUT2D eigenvalue weighted by molar-refractivity contribution is 0.0699. The van der Waals surface area contributed by atoms with Crippen molar-refractivity contribution in [3.63, 3.8) is 0 Å². The molecule has 0 heterocycles. The van der Waals surface area contributed by atoms with E-state index in [0.717, 1.165) is 10.9 Å². The van der Waals surface area contributed by atoms with Gasteiger partial charge in [-0.25, -0.2) is 4.79 Å². The van der Waals surface area contributed by atoms with Crippen LogP contribution in [0.5, 0.6) is 0 Å². The average Bonchev–Trinajstić information content (AvgIpc) is 2.19. The number of anilines is 1. The number of hydrogen-bond acceptors (Lipinski definition) is 2. The maximum atomic E-state index is 11.0. The van der Waals surface area contributed by atoms with E-state index in [1.807, 2.05) is 19.1 Å². The summed E-state index contributed by atoms with van der Waals surface area (Å²) in [5.41, 5.74) is 7.77. The lowest BCUT2D eigenvalue weighted by Gasteiger charge is -2.06. The highest BCUT2D eigenvalue weighted by atomic mass is 16.4. The Balaban J connectivity index is 2.88. The Hall–Kier alpha value is -2.03. The molecule has 2 aromatic rings. The van der Waals surface area contributed by atoms with Crippen LogP contribution >= 0.6 is 0 Å². The number of hydrogen-bond donors (Lipinski definition) is 2. The van der Waals surface area contributed by atoms with Crippen molar-refractivity contribution in [1.82, 2.24) is 0 Å². The molecule has 0 radical (unpaired) electrons. The van der Waals surface area contributed by atoms with E-state index in [9.17, 15) is 4.79 Å². The van der Waals surface area contributed by atoms with Crippen LogP contribution in [-0.2, 0) is 0 Å². The Bertz CT molecular complexity index is 547. The van der Waals surface area contributed by atoms with Crippen LogP contribution in [0.25, 0.3) is 10.8 Å². The van der Waals surface area contributed by atoms with Gasteiger partial charge in [0, 0.05) is 11.1 Å². The van der Waals surface area contributed by atoms with Gasteiger partial charge in [0.25, 0.3) is 0 Å². The number of carbonyl (C=O) groups is 1. The standard InChI is InChI=1S/C12H11NO2/c1-7-2-3-8-9(12(14)15)4-5-11(13)10(8)6-7/h2-6H,13H2,1H3,(H,14,15). The number of carboxylic acid groups (broad SMARTS) is 1. The number of nitrogens with two attached hydrogens (primary N) is 1. The number of benzene rings is 2. The van der Waals surface area contributed by atoms with Gasteiger partial charge >= 0.3 is 5.97 Å².